The number of aromatic nitrogens is 1. The minimum Gasteiger partial charge on any atom is -0.378 e. The lowest BCUT2D eigenvalue weighted by Crippen LogP contribution is -1.95. The molecule has 1 aromatic rings. The Morgan fingerprint density at radius 2 is 2.31 bits per heavy atom. The summed E-state index contributed by atoms with van der Waals surface area (Å²) in [5, 5.41) is 3.42. The van der Waals surface area contributed by atoms with Crippen LogP contribution in [0.3, 0.4) is 0 Å². The Balaban J connectivity index is 2.72. The van der Waals surface area contributed by atoms with E-state index in [1.807, 2.05) is 18.2 Å². The molecule has 68 valence electrons. The van der Waals surface area contributed by atoms with E-state index in [0.717, 1.165) is 11.4 Å². The molecule has 5 nitrogen and oxygen atoms in total. The molecule has 13 heavy (non-hydrogen) atoms. The van der Waals surface area contributed by atoms with Crippen LogP contribution in [0, 0.1) is 0 Å². The molecule has 5 heteroatoms. The first kappa shape index (κ1) is 9.51. The van der Waals surface area contributed by atoms with Gasteiger partial charge in [0, 0.05) is 17.7 Å². The Bertz CT molecular complexity index is 320. The molecule has 1 heterocycles. The zero-order valence-corrected chi connectivity index (χ0v) is 7.34. The summed E-state index contributed by atoms with van der Waals surface area (Å²) in [7, 11) is 1.61. The third-order valence-corrected chi connectivity index (χ3v) is 1.45. The fourth-order valence-electron chi connectivity index (χ4n) is 0.950. The molecule has 0 aliphatic carbocycles. The largest absolute Gasteiger partial charge is 0.378 e. The number of azide groups is 1. The van der Waals surface area contributed by atoms with Crippen molar-refractivity contribution in [3.05, 3.63) is 40.0 Å². The van der Waals surface area contributed by atoms with E-state index >= 15 is 0 Å². The smallest absolute Gasteiger partial charge is 0.0884 e. The third-order valence-electron chi connectivity index (χ3n) is 1.45. The van der Waals surface area contributed by atoms with Crippen LogP contribution in [0.4, 0.5) is 0 Å². The molecule has 0 aliphatic heterocycles. The molecule has 0 bridgehead atoms. The predicted octanol–water partition coefficient (Wildman–Crippen LogP) is 2.04. The fraction of sp³-hybridized carbons (Fsp3) is 0.375. The summed E-state index contributed by atoms with van der Waals surface area (Å²) in [5.74, 6) is 0. The Morgan fingerprint density at radius 1 is 1.54 bits per heavy atom. The SMILES string of the molecule is COCc1cccc(CN=[N+]=[N-])n1. The third kappa shape index (κ3) is 3.11. The van der Waals surface area contributed by atoms with Gasteiger partial charge >= 0.3 is 0 Å². The zero-order chi connectivity index (χ0) is 9.52. The normalized spacial score (nSPS) is 9.31. The minimum absolute atomic E-state index is 0.286. The molecule has 0 radical (unpaired) electrons. The fourth-order valence-corrected chi connectivity index (χ4v) is 0.950. The van der Waals surface area contributed by atoms with Gasteiger partial charge in [-0.15, -0.1) is 0 Å². The number of nitrogens with zero attached hydrogens (tertiary/aromatic N) is 4. The first-order valence-corrected chi connectivity index (χ1v) is 3.81. The van der Waals surface area contributed by atoms with Crippen molar-refractivity contribution in [1.29, 1.82) is 0 Å². The molecule has 0 amide bonds. The molecule has 0 saturated heterocycles. The van der Waals surface area contributed by atoms with Gasteiger partial charge in [-0.05, 0) is 17.7 Å². The summed E-state index contributed by atoms with van der Waals surface area (Å²) in [6.07, 6.45) is 0. The highest BCUT2D eigenvalue weighted by atomic mass is 16.5. The highest BCUT2D eigenvalue weighted by Crippen LogP contribution is 2.02. The number of hydrogen-bond acceptors (Lipinski definition) is 3. The van der Waals surface area contributed by atoms with Gasteiger partial charge < -0.3 is 4.74 Å². The van der Waals surface area contributed by atoms with Gasteiger partial charge in [0.1, 0.15) is 0 Å². The maximum Gasteiger partial charge on any atom is 0.0884 e. The summed E-state index contributed by atoms with van der Waals surface area (Å²) in [4.78, 5) is 6.87. The van der Waals surface area contributed by atoms with Crippen LogP contribution in [-0.2, 0) is 17.9 Å². The molecular formula is C8H10N4O. The van der Waals surface area contributed by atoms with E-state index in [1.165, 1.54) is 0 Å². The number of rotatable bonds is 4. The van der Waals surface area contributed by atoms with Gasteiger partial charge in [-0.2, -0.15) is 0 Å². The van der Waals surface area contributed by atoms with Crippen molar-refractivity contribution in [3.63, 3.8) is 0 Å². The summed E-state index contributed by atoms with van der Waals surface area (Å²) >= 11 is 0. The van der Waals surface area contributed by atoms with E-state index in [9.17, 15) is 0 Å². The van der Waals surface area contributed by atoms with E-state index in [2.05, 4.69) is 15.0 Å². The standard InChI is InChI=1S/C8H10N4O/c1-13-6-8-4-2-3-7(11-8)5-10-12-9/h2-4H,5-6H2,1H3. The van der Waals surface area contributed by atoms with Crippen LogP contribution in [0.25, 0.3) is 10.4 Å². The summed E-state index contributed by atoms with van der Waals surface area (Å²) in [6.45, 7) is 0.762. The molecule has 0 fully saturated rings. The van der Waals surface area contributed by atoms with Gasteiger partial charge in [-0.25, -0.2) is 0 Å². The van der Waals surface area contributed by atoms with Crippen LogP contribution >= 0.6 is 0 Å². The van der Waals surface area contributed by atoms with Crippen molar-refractivity contribution in [2.24, 2.45) is 5.11 Å². The lowest BCUT2D eigenvalue weighted by molar-refractivity contribution is 0.181. The van der Waals surface area contributed by atoms with Crippen LogP contribution in [0.15, 0.2) is 23.3 Å². The topological polar surface area (TPSA) is 70.9 Å². The van der Waals surface area contributed by atoms with E-state index in [4.69, 9.17) is 10.3 Å². The predicted molar refractivity (Wildman–Crippen MR) is 47.8 cm³/mol. The van der Waals surface area contributed by atoms with E-state index in [-0.39, 0.29) is 6.54 Å². The minimum atomic E-state index is 0.286. The Kier molecular flexibility index (Phi) is 3.75. The highest BCUT2D eigenvalue weighted by molar-refractivity contribution is 5.10. The lowest BCUT2D eigenvalue weighted by Gasteiger charge is -2.00. The van der Waals surface area contributed by atoms with Gasteiger partial charge in [0.2, 0.25) is 0 Å². The number of ether oxygens (including phenoxy) is 1. The van der Waals surface area contributed by atoms with Crippen LogP contribution in [0.2, 0.25) is 0 Å². The van der Waals surface area contributed by atoms with Crippen molar-refractivity contribution >= 4 is 0 Å². The molecule has 0 atom stereocenters. The molecule has 0 aromatic carbocycles. The quantitative estimate of drug-likeness (QED) is 0.402. The van der Waals surface area contributed by atoms with Crippen LogP contribution in [-0.4, -0.2) is 12.1 Å². The first-order valence-electron chi connectivity index (χ1n) is 3.81. The zero-order valence-electron chi connectivity index (χ0n) is 7.34. The van der Waals surface area contributed by atoms with Crippen molar-refractivity contribution in [1.82, 2.24) is 4.98 Å². The summed E-state index contributed by atoms with van der Waals surface area (Å²) < 4.78 is 4.92. The maximum atomic E-state index is 8.11. The molecule has 1 aromatic heterocycles. The molecule has 1 rings (SSSR count). The molecule has 0 spiro atoms. The molecule has 0 aliphatic rings. The van der Waals surface area contributed by atoms with Gasteiger partial charge in [-0.1, -0.05) is 11.2 Å². The second kappa shape index (κ2) is 5.13. The highest BCUT2D eigenvalue weighted by Gasteiger charge is 1.95. The summed E-state index contributed by atoms with van der Waals surface area (Å²) in [5.41, 5.74) is 9.70. The van der Waals surface area contributed by atoms with Crippen LogP contribution in [0.5, 0.6) is 0 Å². The average Bonchev–Trinajstić information content (AvgIpc) is 2.16. The van der Waals surface area contributed by atoms with E-state index < -0.39 is 0 Å². The Labute approximate surface area is 76.0 Å². The van der Waals surface area contributed by atoms with Gasteiger partial charge in [0.25, 0.3) is 0 Å². The van der Waals surface area contributed by atoms with E-state index in [1.54, 1.807) is 7.11 Å². The first-order chi connectivity index (χ1) is 6.36. The van der Waals surface area contributed by atoms with E-state index in [0.29, 0.717) is 6.61 Å². The van der Waals surface area contributed by atoms with Crippen molar-refractivity contribution in [2.45, 2.75) is 13.2 Å². The molecule has 0 N–H and O–H groups in total. The lowest BCUT2D eigenvalue weighted by atomic mass is 10.3. The number of hydrogen-bond donors (Lipinski definition) is 0. The van der Waals surface area contributed by atoms with Crippen LogP contribution in [0.1, 0.15) is 11.4 Å². The van der Waals surface area contributed by atoms with Gasteiger partial charge in [-0.3, -0.25) is 4.98 Å². The van der Waals surface area contributed by atoms with Crippen molar-refractivity contribution in [2.75, 3.05) is 7.11 Å². The Morgan fingerprint density at radius 3 is 3.00 bits per heavy atom. The second-order valence-corrected chi connectivity index (χ2v) is 2.44. The molecular weight excluding hydrogens is 168 g/mol. The maximum absolute atomic E-state index is 8.11. The molecule has 0 saturated carbocycles. The molecule has 0 unspecified atom stereocenters. The monoisotopic (exact) mass is 178 g/mol. The second-order valence-electron chi connectivity index (χ2n) is 2.44. The van der Waals surface area contributed by atoms with Crippen LogP contribution < -0.4 is 0 Å². The van der Waals surface area contributed by atoms with Gasteiger partial charge in [0.15, 0.2) is 0 Å². The average molecular weight is 178 g/mol. The summed E-state index contributed by atoms with van der Waals surface area (Å²) in [6, 6.07) is 5.54. The van der Waals surface area contributed by atoms with Crippen molar-refractivity contribution in [3.8, 4) is 0 Å². The number of methoxy groups -OCH3 is 1. The number of pyridine rings is 1. The van der Waals surface area contributed by atoms with Gasteiger partial charge in [0.05, 0.1) is 18.8 Å². The Hall–Kier alpha value is -1.58. The van der Waals surface area contributed by atoms with Crippen molar-refractivity contribution < 1.29 is 4.74 Å².